The first-order valence-corrected chi connectivity index (χ1v) is 9.49. The van der Waals surface area contributed by atoms with Gasteiger partial charge in [0.15, 0.2) is 0 Å². The number of nitrogens with zero attached hydrogens (tertiary/aromatic N) is 2. The Morgan fingerprint density at radius 3 is 2.69 bits per heavy atom. The van der Waals surface area contributed by atoms with Gasteiger partial charge in [0.25, 0.3) is 11.6 Å². The maximum Gasteiger partial charge on any atom is 0.273 e. The summed E-state index contributed by atoms with van der Waals surface area (Å²) in [6.45, 7) is 4.75. The van der Waals surface area contributed by atoms with Crippen molar-refractivity contribution in [3.8, 4) is 5.75 Å². The number of carbonyl (C=O) groups excluding carboxylic acids is 1. The van der Waals surface area contributed by atoms with Crippen molar-refractivity contribution in [3.05, 3.63) is 69.3 Å². The van der Waals surface area contributed by atoms with Crippen LogP contribution in [0.25, 0.3) is 0 Å². The normalized spacial score (nSPS) is 15.5. The first-order valence-electron chi connectivity index (χ1n) is 9.49. The van der Waals surface area contributed by atoms with Crippen molar-refractivity contribution in [2.24, 2.45) is 0 Å². The van der Waals surface area contributed by atoms with Crippen LogP contribution in [0.15, 0.2) is 42.5 Å². The largest absolute Gasteiger partial charge is 0.497 e. The van der Waals surface area contributed by atoms with Gasteiger partial charge in [-0.1, -0.05) is 18.2 Å². The molecule has 29 heavy (non-hydrogen) atoms. The predicted molar refractivity (Wildman–Crippen MR) is 108 cm³/mol. The molecule has 0 bridgehead atoms. The molecule has 1 heterocycles. The van der Waals surface area contributed by atoms with E-state index in [9.17, 15) is 14.9 Å². The Morgan fingerprint density at radius 2 is 2.00 bits per heavy atom. The number of nitro benzene ring substituents is 1. The van der Waals surface area contributed by atoms with Gasteiger partial charge < -0.3 is 14.8 Å². The van der Waals surface area contributed by atoms with Crippen LogP contribution in [-0.4, -0.2) is 55.7 Å². The summed E-state index contributed by atoms with van der Waals surface area (Å²) in [5.41, 5.74) is 1.64. The van der Waals surface area contributed by atoms with Gasteiger partial charge in [0.2, 0.25) is 0 Å². The van der Waals surface area contributed by atoms with Gasteiger partial charge in [0.1, 0.15) is 5.75 Å². The lowest BCUT2D eigenvalue weighted by molar-refractivity contribution is -0.385. The van der Waals surface area contributed by atoms with Gasteiger partial charge in [-0.05, 0) is 30.7 Å². The number of morpholine rings is 1. The maximum atomic E-state index is 12.8. The quantitative estimate of drug-likeness (QED) is 0.568. The SMILES string of the molecule is COc1cccc([C@@H](CNC(=O)c2cccc([N+](=O)[O-])c2C)N2CCOCC2)c1. The van der Waals surface area contributed by atoms with Crippen LogP contribution in [-0.2, 0) is 4.74 Å². The minimum absolute atomic E-state index is 0.0584. The van der Waals surface area contributed by atoms with Gasteiger partial charge in [0.05, 0.1) is 31.3 Å². The Kier molecular flexibility index (Phi) is 6.79. The summed E-state index contributed by atoms with van der Waals surface area (Å²) in [6, 6.07) is 12.3. The molecule has 8 heteroatoms. The molecule has 1 aliphatic rings. The molecule has 1 fully saturated rings. The molecule has 8 nitrogen and oxygen atoms in total. The second-order valence-corrected chi connectivity index (χ2v) is 6.86. The fraction of sp³-hybridized carbons (Fsp3) is 0.381. The molecule has 1 saturated heterocycles. The van der Waals surface area contributed by atoms with Crippen molar-refractivity contribution in [1.82, 2.24) is 10.2 Å². The third-order valence-corrected chi connectivity index (χ3v) is 5.17. The van der Waals surface area contributed by atoms with E-state index in [1.807, 2.05) is 24.3 Å². The molecule has 0 radical (unpaired) electrons. The van der Waals surface area contributed by atoms with E-state index < -0.39 is 4.92 Å². The van der Waals surface area contributed by atoms with Crippen molar-refractivity contribution in [3.63, 3.8) is 0 Å². The number of methoxy groups -OCH3 is 1. The minimum Gasteiger partial charge on any atom is -0.497 e. The van der Waals surface area contributed by atoms with E-state index >= 15 is 0 Å². The third kappa shape index (κ3) is 4.90. The lowest BCUT2D eigenvalue weighted by atomic mass is 10.0. The number of rotatable bonds is 7. The average molecular weight is 399 g/mol. The molecule has 1 aliphatic heterocycles. The fourth-order valence-corrected chi connectivity index (χ4v) is 3.55. The number of nitro groups is 1. The average Bonchev–Trinajstić information content (AvgIpc) is 2.74. The number of hydrogen-bond acceptors (Lipinski definition) is 6. The van der Waals surface area contributed by atoms with Gasteiger partial charge in [-0.3, -0.25) is 19.8 Å². The van der Waals surface area contributed by atoms with Crippen molar-refractivity contribution in [2.45, 2.75) is 13.0 Å². The molecule has 2 aromatic carbocycles. The molecule has 154 valence electrons. The summed E-state index contributed by atoms with van der Waals surface area (Å²) in [4.78, 5) is 25.7. The van der Waals surface area contributed by atoms with Gasteiger partial charge >= 0.3 is 0 Å². The second-order valence-electron chi connectivity index (χ2n) is 6.86. The van der Waals surface area contributed by atoms with Crippen molar-refractivity contribution >= 4 is 11.6 Å². The van der Waals surface area contributed by atoms with Crippen molar-refractivity contribution in [2.75, 3.05) is 40.0 Å². The zero-order chi connectivity index (χ0) is 20.8. The maximum absolute atomic E-state index is 12.8. The molecule has 0 spiro atoms. The molecule has 0 aliphatic carbocycles. The Morgan fingerprint density at radius 1 is 1.28 bits per heavy atom. The highest BCUT2D eigenvalue weighted by Crippen LogP contribution is 2.25. The van der Waals surface area contributed by atoms with Gasteiger partial charge in [-0.25, -0.2) is 0 Å². The summed E-state index contributed by atoms with van der Waals surface area (Å²) in [5.74, 6) is 0.425. The van der Waals surface area contributed by atoms with Gasteiger partial charge in [0, 0.05) is 36.8 Å². The summed E-state index contributed by atoms with van der Waals surface area (Å²) < 4.78 is 10.8. The highest BCUT2D eigenvalue weighted by molar-refractivity contribution is 5.96. The zero-order valence-electron chi connectivity index (χ0n) is 16.6. The van der Waals surface area contributed by atoms with Crippen molar-refractivity contribution < 1.29 is 19.2 Å². The highest BCUT2D eigenvalue weighted by atomic mass is 16.6. The standard InChI is InChI=1S/C21H25N3O5/c1-15-18(7-4-8-19(15)24(26)27)21(25)22-14-20(23-9-11-29-12-10-23)16-5-3-6-17(13-16)28-2/h3-8,13,20H,9-12,14H2,1-2H3,(H,22,25)/t20-/m1/s1. The molecular formula is C21H25N3O5. The number of amides is 1. The van der Waals surface area contributed by atoms with Gasteiger partial charge in [-0.2, -0.15) is 0 Å². The number of nitrogens with one attached hydrogen (secondary N) is 1. The molecule has 3 rings (SSSR count). The summed E-state index contributed by atoms with van der Waals surface area (Å²) in [5, 5.41) is 14.1. The fourth-order valence-electron chi connectivity index (χ4n) is 3.55. The van der Waals surface area contributed by atoms with E-state index in [2.05, 4.69) is 10.2 Å². The summed E-state index contributed by atoms with van der Waals surface area (Å²) >= 11 is 0. The number of hydrogen-bond donors (Lipinski definition) is 1. The highest BCUT2D eigenvalue weighted by Gasteiger charge is 2.25. The molecule has 0 saturated carbocycles. The van der Waals surface area contributed by atoms with Crippen LogP contribution in [0.3, 0.4) is 0 Å². The third-order valence-electron chi connectivity index (χ3n) is 5.17. The molecule has 1 N–H and O–H groups in total. The monoisotopic (exact) mass is 399 g/mol. The lowest BCUT2D eigenvalue weighted by Crippen LogP contribution is -2.43. The van der Waals surface area contributed by atoms with Crippen LogP contribution in [0.4, 0.5) is 5.69 Å². The molecular weight excluding hydrogens is 374 g/mol. The predicted octanol–water partition coefficient (Wildman–Crippen LogP) is 2.72. The first kappa shape index (κ1) is 20.8. The number of ether oxygens (including phenoxy) is 2. The zero-order valence-corrected chi connectivity index (χ0v) is 16.6. The van der Waals surface area contributed by atoms with Crippen LogP contribution in [0, 0.1) is 17.0 Å². The second kappa shape index (κ2) is 9.49. The van der Waals surface area contributed by atoms with E-state index in [1.165, 1.54) is 12.1 Å². The molecule has 1 atom stereocenters. The van der Waals surface area contributed by atoms with E-state index in [4.69, 9.17) is 9.47 Å². The van der Waals surface area contributed by atoms with Gasteiger partial charge in [-0.15, -0.1) is 0 Å². The Balaban J connectivity index is 1.80. The minimum atomic E-state index is -0.473. The van der Waals surface area contributed by atoms with E-state index in [1.54, 1.807) is 20.1 Å². The van der Waals surface area contributed by atoms with Crippen LogP contribution in [0.2, 0.25) is 0 Å². The smallest absolute Gasteiger partial charge is 0.273 e. The van der Waals surface area contributed by atoms with E-state index in [0.717, 1.165) is 24.4 Å². The van der Waals surface area contributed by atoms with Crippen LogP contribution >= 0.6 is 0 Å². The van der Waals surface area contributed by atoms with Crippen LogP contribution in [0.5, 0.6) is 5.75 Å². The van der Waals surface area contributed by atoms with Crippen LogP contribution in [0.1, 0.15) is 27.5 Å². The molecule has 2 aromatic rings. The number of benzene rings is 2. The Hall–Kier alpha value is -2.97. The van der Waals surface area contributed by atoms with Crippen molar-refractivity contribution in [1.29, 1.82) is 0 Å². The topological polar surface area (TPSA) is 93.9 Å². The lowest BCUT2D eigenvalue weighted by Gasteiger charge is -2.35. The van der Waals surface area contributed by atoms with E-state index in [-0.39, 0.29) is 17.6 Å². The number of carbonyl (C=O) groups is 1. The Labute approximate surface area is 169 Å². The van der Waals surface area contributed by atoms with Crippen LogP contribution < -0.4 is 10.1 Å². The molecule has 1 amide bonds. The molecule has 0 unspecified atom stereocenters. The first-order chi connectivity index (χ1) is 14.0. The summed E-state index contributed by atoms with van der Waals surface area (Å²) in [6.07, 6.45) is 0. The Bertz CT molecular complexity index is 880. The van der Waals surface area contributed by atoms with E-state index in [0.29, 0.717) is 30.9 Å². The summed E-state index contributed by atoms with van der Waals surface area (Å²) in [7, 11) is 1.62. The molecule has 0 aromatic heterocycles.